The number of carbonyl (C=O) groups is 1. The Balaban J connectivity index is 0.00000169. The monoisotopic (exact) mass is 222 g/mol. The van der Waals surface area contributed by atoms with Crippen LogP contribution in [-0.4, -0.2) is 62.5 Å². The van der Waals surface area contributed by atoms with Crippen molar-refractivity contribution in [3.8, 4) is 11.5 Å². The molecule has 1 rings (SSSR count). The molecule has 0 fully saturated rings. The maximum absolute atomic E-state index is 10.2. The van der Waals surface area contributed by atoms with Crippen molar-refractivity contribution in [2.75, 3.05) is 13.7 Å². The molecule has 0 aliphatic heterocycles. The fraction of sp³-hybridized carbons (Fsp3) is 0.222. The van der Waals surface area contributed by atoms with Gasteiger partial charge in [-0.2, -0.15) is 0 Å². The molecule has 1 N–H and O–H groups in total. The first-order chi connectivity index (χ1) is 6.24. The van der Waals surface area contributed by atoms with E-state index in [1.54, 1.807) is 24.3 Å². The molecule has 0 heterocycles. The molecule has 2 radical (unpaired) electrons. The number of para-hydroxylation sites is 2. The molecular formula is C9H10CaO4. The fourth-order valence-electron chi connectivity index (χ4n) is 0.878. The average Bonchev–Trinajstić information content (AvgIpc) is 2.15. The summed E-state index contributed by atoms with van der Waals surface area (Å²) < 4.78 is 9.92. The molecule has 0 aliphatic carbocycles. The van der Waals surface area contributed by atoms with Crippen LogP contribution in [0.3, 0.4) is 0 Å². The Hall–Kier alpha value is -0.450. The largest absolute Gasteiger partial charge is 0.493 e. The molecule has 0 bridgehead atoms. The summed E-state index contributed by atoms with van der Waals surface area (Å²) in [4.78, 5) is 10.2. The third kappa shape index (κ3) is 4.17. The minimum absolute atomic E-state index is 0. The van der Waals surface area contributed by atoms with Gasteiger partial charge < -0.3 is 14.6 Å². The predicted octanol–water partition coefficient (Wildman–Crippen LogP) is 0.778. The SMILES string of the molecule is COc1ccccc1OCC(=O)O.[Ca]. The summed E-state index contributed by atoms with van der Waals surface area (Å²) in [6.07, 6.45) is 0. The molecule has 0 saturated carbocycles. The first-order valence-electron chi connectivity index (χ1n) is 3.71. The van der Waals surface area contributed by atoms with Gasteiger partial charge in [0.05, 0.1) is 7.11 Å². The summed E-state index contributed by atoms with van der Waals surface area (Å²) in [7, 11) is 1.50. The zero-order valence-corrected chi connectivity index (χ0v) is 10.1. The van der Waals surface area contributed by atoms with E-state index in [-0.39, 0.29) is 44.3 Å². The Labute approximate surface area is 112 Å². The van der Waals surface area contributed by atoms with Gasteiger partial charge in [-0.15, -0.1) is 0 Å². The molecular weight excluding hydrogens is 212 g/mol. The van der Waals surface area contributed by atoms with E-state index in [0.29, 0.717) is 11.5 Å². The van der Waals surface area contributed by atoms with Gasteiger partial charge in [-0.25, -0.2) is 4.79 Å². The van der Waals surface area contributed by atoms with E-state index < -0.39 is 5.97 Å². The molecule has 1 aromatic carbocycles. The first-order valence-corrected chi connectivity index (χ1v) is 3.71. The summed E-state index contributed by atoms with van der Waals surface area (Å²) in [6.45, 7) is -0.361. The minimum Gasteiger partial charge on any atom is -0.493 e. The number of rotatable bonds is 4. The average molecular weight is 222 g/mol. The van der Waals surface area contributed by atoms with Crippen LogP contribution in [0.15, 0.2) is 24.3 Å². The van der Waals surface area contributed by atoms with Crippen LogP contribution in [0.25, 0.3) is 0 Å². The van der Waals surface area contributed by atoms with E-state index in [0.717, 1.165) is 0 Å². The van der Waals surface area contributed by atoms with Crippen LogP contribution in [-0.2, 0) is 4.79 Å². The molecule has 0 saturated heterocycles. The second-order valence-electron chi connectivity index (χ2n) is 2.33. The molecule has 0 unspecified atom stereocenters. The maximum atomic E-state index is 10.2. The number of benzene rings is 1. The van der Waals surface area contributed by atoms with Crippen LogP contribution >= 0.6 is 0 Å². The van der Waals surface area contributed by atoms with E-state index in [2.05, 4.69) is 0 Å². The number of ether oxygens (including phenoxy) is 2. The van der Waals surface area contributed by atoms with Gasteiger partial charge >= 0.3 is 5.97 Å². The van der Waals surface area contributed by atoms with Crippen LogP contribution in [0.2, 0.25) is 0 Å². The Kier molecular flexibility index (Phi) is 6.70. The quantitative estimate of drug-likeness (QED) is 0.765. The van der Waals surface area contributed by atoms with Crippen molar-refractivity contribution in [3.05, 3.63) is 24.3 Å². The molecule has 0 atom stereocenters. The van der Waals surface area contributed by atoms with Crippen molar-refractivity contribution in [2.45, 2.75) is 0 Å². The molecule has 1 aromatic rings. The summed E-state index contributed by atoms with van der Waals surface area (Å²) in [5, 5.41) is 8.37. The molecule has 72 valence electrons. The zero-order chi connectivity index (χ0) is 9.68. The van der Waals surface area contributed by atoms with Crippen LogP contribution < -0.4 is 9.47 Å². The molecule has 0 aliphatic rings. The van der Waals surface area contributed by atoms with E-state index in [4.69, 9.17) is 14.6 Å². The minimum atomic E-state index is -1.01. The summed E-state index contributed by atoms with van der Waals surface area (Å²) in [6, 6.07) is 6.89. The number of hydrogen-bond donors (Lipinski definition) is 1. The Bertz CT molecular complexity index is 301. The van der Waals surface area contributed by atoms with Crippen molar-refractivity contribution >= 4 is 43.7 Å². The van der Waals surface area contributed by atoms with Crippen molar-refractivity contribution in [1.82, 2.24) is 0 Å². The van der Waals surface area contributed by atoms with Gasteiger partial charge in [0.1, 0.15) is 0 Å². The third-order valence-corrected chi connectivity index (χ3v) is 1.42. The number of aliphatic carboxylic acids is 1. The van der Waals surface area contributed by atoms with Crippen molar-refractivity contribution < 1.29 is 19.4 Å². The van der Waals surface area contributed by atoms with Crippen molar-refractivity contribution in [3.63, 3.8) is 0 Å². The predicted molar refractivity (Wildman–Crippen MR) is 51.9 cm³/mol. The second kappa shape index (κ2) is 6.92. The molecule has 0 aromatic heterocycles. The summed E-state index contributed by atoms with van der Waals surface area (Å²) >= 11 is 0. The first kappa shape index (κ1) is 13.5. The van der Waals surface area contributed by atoms with Gasteiger partial charge in [-0.3, -0.25) is 0 Å². The Morgan fingerprint density at radius 1 is 1.36 bits per heavy atom. The van der Waals surface area contributed by atoms with Crippen LogP contribution in [0.4, 0.5) is 0 Å². The fourth-order valence-corrected chi connectivity index (χ4v) is 0.878. The number of hydrogen-bond acceptors (Lipinski definition) is 3. The van der Waals surface area contributed by atoms with Crippen LogP contribution in [0, 0.1) is 0 Å². The topological polar surface area (TPSA) is 55.8 Å². The number of carboxylic acid groups (broad SMARTS) is 1. The van der Waals surface area contributed by atoms with Gasteiger partial charge in [0.2, 0.25) is 0 Å². The van der Waals surface area contributed by atoms with Crippen LogP contribution in [0.1, 0.15) is 0 Å². The van der Waals surface area contributed by atoms with Crippen LogP contribution in [0.5, 0.6) is 11.5 Å². The van der Waals surface area contributed by atoms with E-state index in [1.165, 1.54) is 7.11 Å². The maximum Gasteiger partial charge on any atom is 0.341 e. The second-order valence-corrected chi connectivity index (χ2v) is 2.33. The third-order valence-electron chi connectivity index (χ3n) is 1.42. The Morgan fingerprint density at radius 2 is 1.93 bits per heavy atom. The number of methoxy groups -OCH3 is 1. The van der Waals surface area contributed by atoms with Crippen molar-refractivity contribution in [1.29, 1.82) is 0 Å². The van der Waals surface area contributed by atoms with Gasteiger partial charge in [0, 0.05) is 37.7 Å². The van der Waals surface area contributed by atoms with E-state index in [9.17, 15) is 4.79 Å². The Morgan fingerprint density at radius 3 is 2.43 bits per heavy atom. The molecule has 0 amide bonds. The van der Waals surface area contributed by atoms with E-state index >= 15 is 0 Å². The molecule has 0 spiro atoms. The van der Waals surface area contributed by atoms with Crippen molar-refractivity contribution in [2.24, 2.45) is 0 Å². The van der Waals surface area contributed by atoms with Gasteiger partial charge in [-0.05, 0) is 12.1 Å². The van der Waals surface area contributed by atoms with E-state index in [1.807, 2.05) is 0 Å². The van der Waals surface area contributed by atoms with Gasteiger partial charge in [-0.1, -0.05) is 12.1 Å². The summed E-state index contributed by atoms with van der Waals surface area (Å²) in [5.41, 5.74) is 0. The normalized spacial score (nSPS) is 8.64. The molecule has 14 heavy (non-hydrogen) atoms. The van der Waals surface area contributed by atoms with Gasteiger partial charge in [0.15, 0.2) is 18.1 Å². The zero-order valence-electron chi connectivity index (χ0n) is 7.90. The van der Waals surface area contributed by atoms with Gasteiger partial charge in [0.25, 0.3) is 0 Å². The number of carboxylic acids is 1. The smallest absolute Gasteiger partial charge is 0.341 e. The molecule has 5 heteroatoms. The molecule has 4 nitrogen and oxygen atoms in total. The summed E-state index contributed by atoms with van der Waals surface area (Å²) in [5.74, 6) is -0.0398. The standard InChI is InChI=1S/C9H10O4.Ca/c1-12-7-4-2-3-5-8(7)13-6-9(10)11;/h2-5H,6H2,1H3,(H,10,11);.